The van der Waals surface area contributed by atoms with Gasteiger partial charge >= 0.3 is 21.7 Å². The Balaban J connectivity index is 0.00000223. The van der Waals surface area contributed by atoms with Crippen LogP contribution in [0.3, 0.4) is 0 Å². The first-order chi connectivity index (χ1) is 34.5. The van der Waals surface area contributed by atoms with E-state index in [0.29, 0.717) is 5.92 Å². The summed E-state index contributed by atoms with van der Waals surface area (Å²) in [6.45, 7) is 4.79. The fourth-order valence-electron chi connectivity index (χ4n) is 11.0. The van der Waals surface area contributed by atoms with Crippen LogP contribution in [0.5, 0.6) is 0 Å². The number of halogens is 3. The van der Waals surface area contributed by atoms with E-state index >= 15 is 0 Å². The number of allylic oxidation sites excluding steroid dienone is 4. The van der Waals surface area contributed by atoms with Crippen molar-refractivity contribution in [1.29, 1.82) is 0 Å². The van der Waals surface area contributed by atoms with Crippen molar-refractivity contribution >= 4 is 23.6 Å². The van der Waals surface area contributed by atoms with E-state index in [1.165, 1.54) is 93.1 Å². The Morgan fingerprint density at radius 2 is 0.581 bits per heavy atom. The van der Waals surface area contributed by atoms with E-state index < -0.39 is 8.07 Å². The quantitative estimate of drug-likeness (QED) is 0.0619. The minimum absolute atomic E-state index is 0. The molecule has 0 aromatic heterocycles. The zero-order chi connectivity index (χ0) is 47.5. The molecule has 0 fully saturated rings. The van der Waals surface area contributed by atoms with Gasteiger partial charge in [-0.3, -0.25) is 6.08 Å². The molecule has 74 heavy (non-hydrogen) atoms. The third-order valence-corrected chi connectivity index (χ3v) is 19.1. The standard InChI is InChI=1S/C69H63Si.3ClH.Ti/c1-3-52(2)68-35-22-36-69(68)70(65-46-59(37-53-23-10-4-11-24-53)43-60(47-65)38-54-25-12-5-13-26-54,66-48-61(39-55-27-14-6-15-28-55)44-62(49-66)40-56-29-16-7-17-30-56)67-50-63(41-57-31-18-8-19-32-57)45-64(51-67)42-58-33-20-9-21-34-58;;;;/h4-21,23-34,36,43-52H,3,22,37-42H2,1-2H3;3*1H;/q-1;;;;+4/p-3. The average molecular weight is 1070 g/mol. The van der Waals surface area contributed by atoms with Gasteiger partial charge in [0.15, 0.2) is 0 Å². The summed E-state index contributed by atoms with van der Waals surface area (Å²) in [7, 11) is -3.26. The normalized spacial score (nSPS) is 12.2. The first kappa shape index (κ1) is 57.5. The third-order valence-electron chi connectivity index (χ3n) is 14.4. The number of hydrogen-bond acceptors (Lipinski definition) is 0. The van der Waals surface area contributed by atoms with Gasteiger partial charge in [-0.25, -0.2) is 5.57 Å². The van der Waals surface area contributed by atoms with Gasteiger partial charge in [0.2, 0.25) is 0 Å². The van der Waals surface area contributed by atoms with Crippen LogP contribution in [0.4, 0.5) is 0 Å². The topological polar surface area (TPSA) is 0 Å². The van der Waals surface area contributed by atoms with Gasteiger partial charge < -0.3 is 37.2 Å². The molecule has 0 saturated carbocycles. The number of hydrogen-bond donors (Lipinski definition) is 0. The van der Waals surface area contributed by atoms with Crippen molar-refractivity contribution in [3.05, 3.63) is 326 Å². The van der Waals surface area contributed by atoms with Gasteiger partial charge in [0.25, 0.3) is 0 Å². The van der Waals surface area contributed by atoms with Crippen LogP contribution in [-0.2, 0) is 60.2 Å². The van der Waals surface area contributed by atoms with Crippen LogP contribution >= 0.6 is 0 Å². The second-order valence-electron chi connectivity index (χ2n) is 19.6. The maximum Gasteiger partial charge on any atom is 4.00 e. The van der Waals surface area contributed by atoms with Crippen LogP contribution in [0.15, 0.2) is 253 Å². The molecule has 0 N–H and O–H groups in total. The molecule has 0 heterocycles. The molecular formula is C69H63Cl3SiTi. The summed E-state index contributed by atoms with van der Waals surface area (Å²) in [5.41, 5.74) is 17.5. The van der Waals surface area contributed by atoms with Crippen molar-refractivity contribution in [3.8, 4) is 0 Å². The monoisotopic (exact) mass is 1070 g/mol. The Kier molecular flexibility index (Phi) is 21.5. The van der Waals surface area contributed by atoms with Gasteiger partial charge in [-0.2, -0.15) is 11.3 Å². The molecule has 1 aliphatic rings. The van der Waals surface area contributed by atoms with Crippen LogP contribution < -0.4 is 52.8 Å². The molecular weight excluding hydrogens is 1010 g/mol. The minimum Gasteiger partial charge on any atom is -1.00 e. The summed E-state index contributed by atoms with van der Waals surface area (Å²) < 4.78 is 0. The van der Waals surface area contributed by atoms with Crippen LogP contribution in [0.25, 0.3) is 0 Å². The summed E-state index contributed by atoms with van der Waals surface area (Å²) in [6, 6.07) is 89.9. The predicted octanol–water partition coefficient (Wildman–Crippen LogP) is 5.36. The Morgan fingerprint density at radius 3 is 0.797 bits per heavy atom. The van der Waals surface area contributed by atoms with Gasteiger partial charge in [-0.15, -0.1) is 6.42 Å². The van der Waals surface area contributed by atoms with E-state index in [4.69, 9.17) is 0 Å². The number of rotatable bonds is 18. The SMILES string of the molecule is CCC(C)C1=[C-]CC=C1[Si](c1cc(Cc2ccccc2)cc(Cc2ccccc2)c1)(c1cc(Cc2ccccc2)cc(Cc2ccccc2)c1)c1cc(Cc2ccccc2)cc(Cc2ccccc2)c1.[Cl-].[Cl-].[Cl-].[Ti+4]. The van der Waals surface area contributed by atoms with Gasteiger partial charge in [0, 0.05) is 0 Å². The summed E-state index contributed by atoms with van der Waals surface area (Å²) in [4.78, 5) is 0. The summed E-state index contributed by atoms with van der Waals surface area (Å²) in [5, 5.41) is 5.86. The molecule has 1 aliphatic carbocycles. The minimum atomic E-state index is -3.26. The zero-order valence-electron chi connectivity index (χ0n) is 42.5. The smallest absolute Gasteiger partial charge is 1.00 e. The maximum atomic E-state index is 4.06. The Bertz CT molecular complexity index is 2720. The molecule has 0 amide bonds. The van der Waals surface area contributed by atoms with Crippen molar-refractivity contribution in [1.82, 2.24) is 0 Å². The van der Waals surface area contributed by atoms with Crippen molar-refractivity contribution in [2.24, 2.45) is 5.92 Å². The molecule has 1 unspecified atom stereocenters. The predicted molar refractivity (Wildman–Crippen MR) is 298 cm³/mol. The zero-order valence-corrected chi connectivity index (χ0v) is 47.3. The maximum absolute atomic E-state index is 4.06. The molecule has 10 rings (SSSR count). The van der Waals surface area contributed by atoms with E-state index in [-0.39, 0.29) is 58.9 Å². The first-order valence-electron chi connectivity index (χ1n) is 25.4. The third kappa shape index (κ3) is 13.9. The van der Waals surface area contributed by atoms with Gasteiger partial charge in [0.1, 0.15) is 0 Å². The number of benzene rings is 9. The molecule has 368 valence electrons. The van der Waals surface area contributed by atoms with E-state index in [2.05, 4.69) is 263 Å². The summed E-state index contributed by atoms with van der Waals surface area (Å²) in [6.07, 6.45) is 13.7. The van der Waals surface area contributed by atoms with E-state index in [0.717, 1.165) is 51.4 Å². The van der Waals surface area contributed by atoms with E-state index in [1.54, 1.807) is 0 Å². The summed E-state index contributed by atoms with van der Waals surface area (Å²) >= 11 is 0. The fraction of sp³-hybridized carbons (Fsp3) is 0.159. The largest absolute Gasteiger partial charge is 4.00 e. The van der Waals surface area contributed by atoms with Crippen molar-refractivity contribution in [3.63, 3.8) is 0 Å². The van der Waals surface area contributed by atoms with Crippen molar-refractivity contribution in [2.45, 2.75) is 65.2 Å². The average Bonchev–Trinajstić information content (AvgIpc) is 3.88. The molecule has 9 aromatic rings. The first-order valence-corrected chi connectivity index (χ1v) is 27.4. The Morgan fingerprint density at radius 1 is 0.351 bits per heavy atom. The van der Waals surface area contributed by atoms with Crippen LogP contribution in [0, 0.1) is 12.0 Å². The molecule has 0 aliphatic heterocycles. The molecule has 9 aromatic carbocycles. The van der Waals surface area contributed by atoms with Crippen molar-refractivity contribution in [2.75, 3.05) is 0 Å². The molecule has 0 radical (unpaired) electrons. The molecule has 0 saturated heterocycles. The molecule has 5 heteroatoms. The molecule has 0 spiro atoms. The van der Waals surface area contributed by atoms with Crippen LogP contribution in [0.2, 0.25) is 0 Å². The van der Waals surface area contributed by atoms with Gasteiger partial charge in [0.05, 0.1) is 8.07 Å². The van der Waals surface area contributed by atoms with E-state index in [9.17, 15) is 0 Å². The molecule has 0 bridgehead atoms. The second kappa shape index (κ2) is 27.7. The van der Waals surface area contributed by atoms with E-state index in [1.807, 2.05) is 0 Å². The van der Waals surface area contributed by atoms with Crippen molar-refractivity contribution < 1.29 is 58.9 Å². The summed E-state index contributed by atoms with van der Waals surface area (Å²) in [5.74, 6) is 0.351. The fourth-order valence-corrected chi connectivity index (χ4v) is 16.5. The van der Waals surface area contributed by atoms with Crippen LogP contribution in [0.1, 0.15) is 93.5 Å². The Labute approximate surface area is 476 Å². The van der Waals surface area contributed by atoms with Gasteiger partial charge in [-0.1, -0.05) is 278 Å². The molecule has 1 atom stereocenters. The Hall–Kier alpha value is -5.74. The second-order valence-corrected chi connectivity index (χ2v) is 23.3. The van der Waals surface area contributed by atoms with Gasteiger partial charge in [-0.05, 0) is 105 Å². The van der Waals surface area contributed by atoms with Crippen LogP contribution in [-0.4, -0.2) is 8.07 Å². The molecule has 0 nitrogen and oxygen atoms in total.